The topological polar surface area (TPSA) is 25.7 Å². The fourth-order valence-electron chi connectivity index (χ4n) is 4.09. The number of hydrogen-bond donors (Lipinski definition) is 1. The lowest BCUT2D eigenvalue weighted by Gasteiger charge is -2.27. The molecule has 0 saturated carbocycles. The number of aryl methyl sites for hydroxylation is 1. The van der Waals surface area contributed by atoms with Crippen LogP contribution in [0.4, 0.5) is 0 Å². The molecule has 0 atom stereocenters. The molecule has 2 aromatic heterocycles. The Morgan fingerprint density at radius 3 is 2.69 bits per heavy atom. The van der Waals surface area contributed by atoms with E-state index >= 15 is 0 Å². The van der Waals surface area contributed by atoms with Crippen molar-refractivity contribution in [1.82, 2.24) is 9.72 Å². The number of rotatable bonds is 5. The van der Waals surface area contributed by atoms with E-state index in [9.17, 15) is 0 Å². The van der Waals surface area contributed by atoms with Gasteiger partial charge in [-0.1, -0.05) is 25.1 Å². The molecule has 1 fully saturated rings. The van der Waals surface area contributed by atoms with Crippen molar-refractivity contribution in [2.24, 2.45) is 0 Å². The van der Waals surface area contributed by atoms with Crippen molar-refractivity contribution < 1.29 is 4.74 Å². The molecule has 0 bridgehead atoms. The Hall–Kier alpha value is -2.26. The van der Waals surface area contributed by atoms with Crippen LogP contribution in [0.2, 0.25) is 0 Å². The van der Waals surface area contributed by atoms with Crippen LogP contribution >= 0.6 is 0 Å². The number of pyridine rings is 1. The number of piperidine rings is 1. The summed E-state index contributed by atoms with van der Waals surface area (Å²) < 4.78 is 8.45. The number of benzene rings is 1. The van der Waals surface area contributed by atoms with Gasteiger partial charge < -0.3 is 14.5 Å². The lowest BCUT2D eigenvalue weighted by molar-refractivity contribution is 0.309. The molecule has 1 aromatic carbocycles. The lowest BCUT2D eigenvalue weighted by atomic mass is 9.85. The summed E-state index contributed by atoms with van der Waals surface area (Å²) in [6, 6.07) is 15.3. The standard InChI is InChI=1S/C23H28N2O/c1-3-14-26-22-9-5-8-21(23(22)18-10-12-24-13-11-18)19-15-20-7-4-6-17(2)25(20)16-19/h4-9,15-16,18,24H,3,10-14H2,1-2H3. The number of nitrogens with zero attached hydrogens (tertiary/aromatic N) is 1. The van der Waals surface area contributed by atoms with E-state index < -0.39 is 0 Å². The fourth-order valence-corrected chi connectivity index (χ4v) is 4.09. The lowest BCUT2D eigenvalue weighted by Crippen LogP contribution is -2.27. The molecule has 3 nitrogen and oxygen atoms in total. The van der Waals surface area contributed by atoms with Gasteiger partial charge in [-0.2, -0.15) is 0 Å². The second-order valence-electron chi connectivity index (χ2n) is 7.28. The van der Waals surface area contributed by atoms with E-state index in [-0.39, 0.29) is 0 Å². The van der Waals surface area contributed by atoms with Crippen molar-refractivity contribution >= 4 is 5.52 Å². The van der Waals surface area contributed by atoms with Crippen LogP contribution in [-0.2, 0) is 0 Å². The van der Waals surface area contributed by atoms with Crippen LogP contribution in [0.3, 0.4) is 0 Å². The summed E-state index contributed by atoms with van der Waals surface area (Å²) in [7, 11) is 0. The highest BCUT2D eigenvalue weighted by Crippen LogP contribution is 2.40. The number of fused-ring (bicyclic) bond motifs is 1. The van der Waals surface area contributed by atoms with Crippen LogP contribution in [0.25, 0.3) is 16.6 Å². The Labute approximate surface area is 156 Å². The van der Waals surface area contributed by atoms with Crippen molar-refractivity contribution in [3.8, 4) is 16.9 Å². The predicted molar refractivity (Wildman–Crippen MR) is 108 cm³/mol. The second-order valence-corrected chi connectivity index (χ2v) is 7.28. The van der Waals surface area contributed by atoms with Gasteiger partial charge in [0, 0.05) is 28.5 Å². The molecule has 0 unspecified atom stereocenters. The summed E-state index contributed by atoms with van der Waals surface area (Å²) in [4.78, 5) is 0. The Bertz CT molecular complexity index is 890. The number of hydrogen-bond acceptors (Lipinski definition) is 2. The van der Waals surface area contributed by atoms with Gasteiger partial charge in [-0.15, -0.1) is 0 Å². The van der Waals surface area contributed by atoms with Gasteiger partial charge >= 0.3 is 0 Å². The highest BCUT2D eigenvalue weighted by molar-refractivity contribution is 5.75. The maximum atomic E-state index is 6.17. The van der Waals surface area contributed by atoms with E-state index in [4.69, 9.17) is 4.74 Å². The van der Waals surface area contributed by atoms with Crippen LogP contribution in [0, 0.1) is 6.92 Å². The molecule has 1 aliphatic heterocycles. The average Bonchev–Trinajstić information content (AvgIpc) is 3.12. The molecule has 3 heteroatoms. The fraction of sp³-hybridized carbons (Fsp3) is 0.391. The molecule has 0 amide bonds. The predicted octanol–water partition coefficient (Wildman–Crippen LogP) is 5.17. The molecule has 0 aliphatic carbocycles. The second kappa shape index (κ2) is 7.55. The van der Waals surface area contributed by atoms with Crippen molar-refractivity contribution in [3.63, 3.8) is 0 Å². The van der Waals surface area contributed by atoms with E-state index in [0.717, 1.165) is 31.9 Å². The molecule has 1 aliphatic rings. The van der Waals surface area contributed by atoms with Gasteiger partial charge in [-0.25, -0.2) is 0 Å². The van der Waals surface area contributed by atoms with Crippen molar-refractivity contribution in [2.45, 2.75) is 39.0 Å². The molecule has 136 valence electrons. The Kier molecular flexibility index (Phi) is 4.98. The maximum Gasteiger partial charge on any atom is 0.123 e. The average molecular weight is 348 g/mol. The summed E-state index contributed by atoms with van der Waals surface area (Å²) in [6.45, 7) is 7.27. The highest BCUT2D eigenvalue weighted by atomic mass is 16.5. The summed E-state index contributed by atoms with van der Waals surface area (Å²) in [5, 5.41) is 3.49. The maximum absolute atomic E-state index is 6.17. The molecule has 0 spiro atoms. The van der Waals surface area contributed by atoms with Gasteiger partial charge in [-0.05, 0) is 75.0 Å². The van der Waals surface area contributed by atoms with Gasteiger partial charge in [0.2, 0.25) is 0 Å². The first-order valence-corrected chi connectivity index (χ1v) is 9.82. The van der Waals surface area contributed by atoms with E-state index in [2.05, 4.69) is 72.2 Å². The van der Waals surface area contributed by atoms with Crippen LogP contribution < -0.4 is 10.1 Å². The zero-order valence-corrected chi connectivity index (χ0v) is 15.8. The summed E-state index contributed by atoms with van der Waals surface area (Å²) in [6.07, 6.45) is 5.65. The number of ether oxygens (including phenoxy) is 1. The SMILES string of the molecule is CCCOc1cccc(-c2cc3cccc(C)n3c2)c1C1CCNCC1. The third-order valence-corrected chi connectivity index (χ3v) is 5.42. The molecule has 26 heavy (non-hydrogen) atoms. The van der Waals surface area contributed by atoms with Crippen LogP contribution in [0.15, 0.2) is 48.7 Å². The van der Waals surface area contributed by atoms with Gasteiger partial charge in [0.05, 0.1) is 6.61 Å². The molecule has 3 heterocycles. The van der Waals surface area contributed by atoms with Crippen LogP contribution in [0.1, 0.15) is 43.4 Å². The van der Waals surface area contributed by atoms with Crippen molar-refractivity contribution in [3.05, 3.63) is 59.9 Å². The van der Waals surface area contributed by atoms with Gasteiger partial charge in [0.15, 0.2) is 0 Å². The first-order chi connectivity index (χ1) is 12.8. The Balaban J connectivity index is 1.84. The van der Waals surface area contributed by atoms with Crippen LogP contribution in [0.5, 0.6) is 5.75 Å². The quantitative estimate of drug-likeness (QED) is 0.688. The van der Waals surface area contributed by atoms with E-state index in [1.165, 1.54) is 40.7 Å². The summed E-state index contributed by atoms with van der Waals surface area (Å²) in [5.41, 5.74) is 6.52. The molecular weight excluding hydrogens is 320 g/mol. The zero-order valence-electron chi connectivity index (χ0n) is 15.8. The Morgan fingerprint density at radius 1 is 1.12 bits per heavy atom. The van der Waals surface area contributed by atoms with Gasteiger partial charge in [0.1, 0.15) is 5.75 Å². The first kappa shape index (κ1) is 17.2. The zero-order chi connectivity index (χ0) is 17.9. The van der Waals surface area contributed by atoms with Crippen LogP contribution in [-0.4, -0.2) is 24.1 Å². The minimum absolute atomic E-state index is 0.559. The molecule has 0 radical (unpaired) electrons. The molecule has 3 aromatic rings. The van der Waals surface area contributed by atoms with Gasteiger partial charge in [-0.3, -0.25) is 0 Å². The molecule has 1 saturated heterocycles. The summed E-state index contributed by atoms with van der Waals surface area (Å²) >= 11 is 0. The largest absolute Gasteiger partial charge is 0.493 e. The number of aromatic nitrogens is 1. The third-order valence-electron chi connectivity index (χ3n) is 5.42. The normalized spacial score (nSPS) is 15.5. The van der Waals surface area contributed by atoms with E-state index in [1.807, 2.05) is 0 Å². The minimum Gasteiger partial charge on any atom is -0.493 e. The highest BCUT2D eigenvalue weighted by Gasteiger charge is 2.23. The van der Waals surface area contributed by atoms with Crippen molar-refractivity contribution in [1.29, 1.82) is 0 Å². The van der Waals surface area contributed by atoms with E-state index in [0.29, 0.717) is 5.92 Å². The molecular formula is C23H28N2O. The van der Waals surface area contributed by atoms with Crippen molar-refractivity contribution in [2.75, 3.05) is 19.7 Å². The van der Waals surface area contributed by atoms with Gasteiger partial charge in [0.25, 0.3) is 0 Å². The number of nitrogens with one attached hydrogen (secondary N) is 1. The van der Waals surface area contributed by atoms with E-state index in [1.54, 1.807) is 0 Å². The molecule has 4 rings (SSSR count). The molecule has 1 N–H and O–H groups in total. The minimum atomic E-state index is 0.559. The first-order valence-electron chi connectivity index (χ1n) is 9.82. The third kappa shape index (κ3) is 3.24. The Morgan fingerprint density at radius 2 is 1.92 bits per heavy atom. The monoisotopic (exact) mass is 348 g/mol. The summed E-state index contributed by atoms with van der Waals surface area (Å²) in [5.74, 6) is 1.63. The smallest absolute Gasteiger partial charge is 0.123 e.